The lowest BCUT2D eigenvalue weighted by Crippen LogP contribution is -2.38. The van der Waals surface area contributed by atoms with Crippen LogP contribution in [0, 0.1) is 11.8 Å². The predicted molar refractivity (Wildman–Crippen MR) is 105 cm³/mol. The Labute approximate surface area is 188 Å². The molecule has 1 aliphatic heterocycles. The minimum absolute atomic E-state index is 0.313. The standard InChI is InChI=1S/C15H27N2O13P3/c1-8-9(2)13(17-6-10(15(3,4)5)12(18)16-14(17)19)28-11(8)7-27-32(23,24)30-33(25,26)29-31(20,21)22/h6,8-9,11,13H,7H2,1-5H3,(H,23,24)(H,25,26)(H,16,18,19)(H2,20,21,22)/p-3/t8-,9?,11-,13-/m1/s1. The lowest BCUT2D eigenvalue weighted by Gasteiger charge is -2.33. The first kappa shape index (κ1) is 28.3. The van der Waals surface area contributed by atoms with Gasteiger partial charge in [-0.3, -0.25) is 28.0 Å². The van der Waals surface area contributed by atoms with Crippen molar-refractivity contribution in [2.75, 3.05) is 6.61 Å². The zero-order valence-corrected chi connectivity index (χ0v) is 20.9. The van der Waals surface area contributed by atoms with Gasteiger partial charge in [-0.05, 0) is 11.3 Å². The molecule has 0 spiro atoms. The average molecular weight is 533 g/mol. The number of hydrogen-bond acceptors (Lipinski definition) is 12. The summed E-state index contributed by atoms with van der Waals surface area (Å²) in [6.45, 7) is 7.95. The van der Waals surface area contributed by atoms with Crippen molar-refractivity contribution in [2.24, 2.45) is 11.8 Å². The van der Waals surface area contributed by atoms with Crippen LogP contribution in [0.1, 0.15) is 46.4 Å². The molecule has 7 atom stereocenters. The van der Waals surface area contributed by atoms with Gasteiger partial charge in [0.05, 0.1) is 12.7 Å². The summed E-state index contributed by atoms with van der Waals surface area (Å²) in [6, 6.07) is 0. The molecule has 33 heavy (non-hydrogen) atoms. The van der Waals surface area contributed by atoms with E-state index >= 15 is 0 Å². The van der Waals surface area contributed by atoms with Crippen LogP contribution >= 0.6 is 23.5 Å². The molecular formula is C15H24N2O13P3-3. The molecule has 0 amide bonds. The van der Waals surface area contributed by atoms with E-state index in [1.165, 1.54) is 10.8 Å². The highest BCUT2D eigenvalue weighted by molar-refractivity contribution is 7.65. The molecule has 0 radical (unpaired) electrons. The monoisotopic (exact) mass is 533 g/mol. The van der Waals surface area contributed by atoms with Gasteiger partial charge in [0.2, 0.25) is 0 Å². The van der Waals surface area contributed by atoms with Gasteiger partial charge in [0.15, 0.2) is 0 Å². The van der Waals surface area contributed by atoms with Crippen LogP contribution in [0.15, 0.2) is 15.8 Å². The summed E-state index contributed by atoms with van der Waals surface area (Å²) in [5.41, 5.74) is -1.58. The molecule has 0 saturated carbocycles. The summed E-state index contributed by atoms with van der Waals surface area (Å²) >= 11 is 0. The van der Waals surface area contributed by atoms with Gasteiger partial charge >= 0.3 is 5.69 Å². The number of phosphoric acid groups is 3. The average Bonchev–Trinajstić information content (AvgIpc) is 2.84. The molecule has 1 fully saturated rings. The summed E-state index contributed by atoms with van der Waals surface area (Å²) < 4.78 is 51.7. The molecular weight excluding hydrogens is 509 g/mol. The molecule has 2 N–H and O–H groups in total. The van der Waals surface area contributed by atoms with Gasteiger partial charge in [-0.25, -0.2) is 13.4 Å². The molecule has 2 heterocycles. The first-order valence-electron chi connectivity index (χ1n) is 9.47. The molecule has 0 bridgehead atoms. The van der Waals surface area contributed by atoms with Gasteiger partial charge in [-0.1, -0.05) is 34.6 Å². The number of ether oxygens (including phenoxy) is 1. The summed E-state index contributed by atoms with van der Waals surface area (Å²) in [5.74, 6) is -0.793. The zero-order chi connectivity index (χ0) is 25.6. The third kappa shape index (κ3) is 7.51. The molecule has 15 nitrogen and oxygen atoms in total. The number of hydrogen-bond donors (Lipinski definition) is 2. The Morgan fingerprint density at radius 2 is 1.67 bits per heavy atom. The van der Waals surface area contributed by atoms with E-state index in [4.69, 9.17) is 9.63 Å². The van der Waals surface area contributed by atoms with Crippen molar-refractivity contribution in [3.63, 3.8) is 0 Å². The topological polar surface area (TPSA) is 232 Å². The van der Waals surface area contributed by atoms with Crippen LogP contribution < -0.4 is 25.9 Å². The van der Waals surface area contributed by atoms with E-state index in [-0.39, 0.29) is 5.92 Å². The van der Waals surface area contributed by atoms with E-state index in [2.05, 4.69) is 18.1 Å². The third-order valence-electron chi connectivity index (χ3n) is 5.03. The summed E-state index contributed by atoms with van der Waals surface area (Å²) in [6.07, 6.45) is -0.523. The van der Waals surface area contributed by atoms with Gasteiger partial charge in [-0.15, -0.1) is 0 Å². The van der Waals surface area contributed by atoms with Gasteiger partial charge in [0.1, 0.15) is 6.23 Å². The molecule has 2 rings (SSSR count). The van der Waals surface area contributed by atoms with Crippen LogP contribution in [0.3, 0.4) is 0 Å². The van der Waals surface area contributed by atoms with E-state index in [0.29, 0.717) is 5.56 Å². The normalized spacial score (nSPS) is 29.2. The summed E-state index contributed by atoms with van der Waals surface area (Å²) in [7, 11) is -17.5. The van der Waals surface area contributed by atoms with Crippen molar-refractivity contribution >= 4 is 23.5 Å². The minimum Gasteiger partial charge on any atom is -0.756 e. The van der Waals surface area contributed by atoms with Crippen LogP contribution in [0.5, 0.6) is 0 Å². The van der Waals surface area contributed by atoms with Crippen molar-refractivity contribution in [1.29, 1.82) is 0 Å². The fourth-order valence-corrected chi connectivity index (χ4v) is 6.09. The van der Waals surface area contributed by atoms with Gasteiger partial charge < -0.3 is 28.8 Å². The summed E-state index contributed by atoms with van der Waals surface area (Å²) in [5, 5.41) is 0. The van der Waals surface area contributed by atoms with Crippen molar-refractivity contribution < 1.29 is 51.2 Å². The second kappa shape index (κ2) is 9.60. The summed E-state index contributed by atoms with van der Waals surface area (Å²) in [4.78, 5) is 68.7. The molecule has 1 saturated heterocycles. The second-order valence-corrected chi connectivity index (χ2v) is 12.9. The van der Waals surface area contributed by atoms with E-state index in [1.807, 2.05) is 0 Å². The first-order valence-corrected chi connectivity index (χ1v) is 13.9. The number of H-pyrrole nitrogens is 1. The number of aromatic nitrogens is 2. The molecule has 4 unspecified atom stereocenters. The highest BCUT2D eigenvalue weighted by atomic mass is 31.3. The highest BCUT2D eigenvalue weighted by Crippen LogP contribution is 2.61. The maximum absolute atomic E-state index is 12.4. The lowest BCUT2D eigenvalue weighted by molar-refractivity contribution is -0.250. The molecule has 0 aromatic carbocycles. The SMILES string of the molecule is CC1[C@@H](C)[C@@H](COP(=O)([O-])OP(=O)([O-])OP(=O)([O-])O)O[C@H]1n1cc(C(C)(C)C)c(=O)[nH]c1=O. The lowest BCUT2D eigenvalue weighted by atomic mass is 9.89. The number of nitrogens with one attached hydrogen (secondary N) is 1. The Hall–Kier alpha value is -0.950. The molecule has 190 valence electrons. The van der Waals surface area contributed by atoms with Crippen molar-refractivity contribution in [2.45, 2.75) is 52.4 Å². The maximum Gasteiger partial charge on any atom is 0.330 e. The van der Waals surface area contributed by atoms with E-state index in [9.17, 15) is 38.0 Å². The maximum atomic E-state index is 12.4. The van der Waals surface area contributed by atoms with Crippen molar-refractivity contribution in [3.05, 3.63) is 32.6 Å². The fraction of sp³-hybridized carbons (Fsp3) is 0.733. The van der Waals surface area contributed by atoms with Gasteiger partial charge in [0.25, 0.3) is 29.0 Å². The Bertz CT molecular complexity index is 1130. The first-order chi connectivity index (χ1) is 14.7. The minimum atomic E-state index is -6.01. The van der Waals surface area contributed by atoms with Crippen LogP contribution in [0.25, 0.3) is 0 Å². The zero-order valence-electron chi connectivity index (χ0n) is 18.2. The second-order valence-electron chi connectivity index (χ2n) is 8.56. The van der Waals surface area contributed by atoms with Crippen LogP contribution in [0.2, 0.25) is 0 Å². The molecule has 1 aromatic rings. The molecule has 0 aliphatic carbocycles. The quantitative estimate of drug-likeness (QED) is 0.400. The molecule has 18 heteroatoms. The predicted octanol–water partition coefficient (Wildman–Crippen LogP) is -0.549. The number of aromatic amines is 1. The number of nitrogens with zero attached hydrogens (tertiary/aromatic N) is 1. The van der Waals surface area contributed by atoms with E-state index < -0.39 is 65.0 Å². The van der Waals surface area contributed by atoms with Crippen LogP contribution in [-0.2, 0) is 37.0 Å². The van der Waals surface area contributed by atoms with Gasteiger partial charge in [-0.2, -0.15) is 0 Å². The van der Waals surface area contributed by atoms with E-state index in [1.54, 1.807) is 34.6 Å². The molecule has 1 aromatic heterocycles. The number of phosphoric ester groups is 1. The molecule has 1 aliphatic rings. The van der Waals surface area contributed by atoms with Crippen molar-refractivity contribution in [3.8, 4) is 0 Å². The highest BCUT2D eigenvalue weighted by Gasteiger charge is 2.41. The Morgan fingerprint density at radius 1 is 1.09 bits per heavy atom. The van der Waals surface area contributed by atoms with E-state index in [0.717, 1.165) is 0 Å². The third-order valence-corrected chi connectivity index (χ3v) is 8.72. The Kier molecular flexibility index (Phi) is 8.23. The fourth-order valence-electron chi connectivity index (χ4n) is 3.20. The smallest absolute Gasteiger partial charge is 0.330 e. The largest absolute Gasteiger partial charge is 0.756 e. The van der Waals surface area contributed by atoms with Crippen LogP contribution in [0.4, 0.5) is 0 Å². The van der Waals surface area contributed by atoms with Crippen molar-refractivity contribution in [1.82, 2.24) is 9.55 Å². The van der Waals surface area contributed by atoms with Gasteiger partial charge in [0, 0.05) is 17.7 Å². The Morgan fingerprint density at radius 3 is 2.18 bits per heavy atom. The number of rotatable bonds is 8. The van der Waals surface area contributed by atoms with Crippen LogP contribution in [-0.4, -0.2) is 27.2 Å². The Balaban J connectivity index is 2.18.